The van der Waals surface area contributed by atoms with Gasteiger partial charge in [0.2, 0.25) is 5.91 Å². The molecule has 0 aromatic heterocycles. The first-order chi connectivity index (χ1) is 10.1. The lowest BCUT2D eigenvalue weighted by atomic mass is 9.94. The van der Waals surface area contributed by atoms with Crippen LogP contribution in [0.3, 0.4) is 0 Å². The number of nitrogens with one attached hydrogen (secondary N) is 2. The summed E-state index contributed by atoms with van der Waals surface area (Å²) in [6.45, 7) is 5.72. The number of carbonyl (C=O) groups is 1. The van der Waals surface area contributed by atoms with Gasteiger partial charge < -0.3 is 10.6 Å². The van der Waals surface area contributed by atoms with Gasteiger partial charge in [-0.1, -0.05) is 0 Å². The summed E-state index contributed by atoms with van der Waals surface area (Å²) in [4.78, 5) is 14.5. The summed E-state index contributed by atoms with van der Waals surface area (Å²) in [5, 5.41) is 6.62. The number of likely N-dealkylation sites (tertiary alicyclic amines) is 1. The maximum atomic E-state index is 12.2. The molecule has 0 bridgehead atoms. The van der Waals surface area contributed by atoms with E-state index in [2.05, 4.69) is 44.2 Å². The Morgan fingerprint density at radius 1 is 1.48 bits per heavy atom. The summed E-state index contributed by atoms with van der Waals surface area (Å²) in [7, 11) is 0. The van der Waals surface area contributed by atoms with Crippen LogP contribution >= 0.6 is 22.6 Å². The van der Waals surface area contributed by atoms with Crippen molar-refractivity contribution in [2.24, 2.45) is 5.92 Å². The van der Waals surface area contributed by atoms with Crippen LogP contribution < -0.4 is 10.6 Å². The Morgan fingerprint density at radius 3 is 3.10 bits per heavy atom. The first kappa shape index (κ1) is 15.2. The number of hydrogen-bond acceptors (Lipinski definition) is 3. The molecule has 114 valence electrons. The summed E-state index contributed by atoms with van der Waals surface area (Å²) in [5.41, 5.74) is 2.04. The Morgan fingerprint density at radius 2 is 2.33 bits per heavy atom. The molecule has 2 N–H and O–H groups in total. The van der Waals surface area contributed by atoms with E-state index in [1.165, 1.54) is 16.4 Å². The Labute approximate surface area is 139 Å². The minimum Gasteiger partial charge on any atom is -0.325 e. The van der Waals surface area contributed by atoms with E-state index in [1.807, 2.05) is 19.1 Å². The summed E-state index contributed by atoms with van der Waals surface area (Å²) in [6, 6.07) is 6.69. The highest BCUT2D eigenvalue weighted by atomic mass is 127. The predicted octanol–water partition coefficient (Wildman–Crippen LogP) is 2.22. The molecule has 2 atom stereocenters. The summed E-state index contributed by atoms with van der Waals surface area (Å²) in [5.74, 6) is 0.824. The molecule has 0 saturated carbocycles. The van der Waals surface area contributed by atoms with Gasteiger partial charge >= 0.3 is 0 Å². The molecule has 2 heterocycles. The maximum absolute atomic E-state index is 12.2. The molecule has 0 unspecified atom stereocenters. The number of anilines is 1. The van der Waals surface area contributed by atoms with E-state index in [0.717, 1.165) is 36.8 Å². The van der Waals surface area contributed by atoms with Crippen molar-refractivity contribution in [3.05, 3.63) is 27.3 Å². The van der Waals surface area contributed by atoms with Crippen LogP contribution in [0.2, 0.25) is 0 Å². The second kappa shape index (κ2) is 6.62. The molecule has 4 nitrogen and oxygen atoms in total. The number of carbonyl (C=O) groups excluding carboxylic acids is 1. The first-order valence-electron chi connectivity index (χ1n) is 7.63. The van der Waals surface area contributed by atoms with Crippen LogP contribution in [-0.2, 0) is 4.79 Å². The lowest BCUT2D eigenvalue weighted by Gasteiger charge is -2.24. The van der Waals surface area contributed by atoms with Crippen molar-refractivity contribution in [2.75, 3.05) is 31.5 Å². The van der Waals surface area contributed by atoms with Crippen molar-refractivity contribution < 1.29 is 4.79 Å². The molecular weight excluding hydrogens is 377 g/mol. The predicted molar refractivity (Wildman–Crippen MR) is 93.5 cm³/mol. The third-order valence-electron chi connectivity index (χ3n) is 4.50. The Hall–Kier alpha value is -0.660. The van der Waals surface area contributed by atoms with Crippen LogP contribution in [0.1, 0.15) is 18.4 Å². The third-order valence-corrected chi connectivity index (χ3v) is 5.18. The number of nitrogens with zero attached hydrogens (tertiary/aromatic N) is 1. The number of amides is 1. The topological polar surface area (TPSA) is 44.4 Å². The maximum Gasteiger partial charge on any atom is 0.238 e. The highest BCUT2D eigenvalue weighted by molar-refractivity contribution is 14.1. The highest BCUT2D eigenvalue weighted by Gasteiger charge is 2.34. The van der Waals surface area contributed by atoms with Crippen LogP contribution in [0.5, 0.6) is 0 Å². The smallest absolute Gasteiger partial charge is 0.238 e. The molecule has 5 heteroatoms. The third kappa shape index (κ3) is 3.76. The summed E-state index contributed by atoms with van der Waals surface area (Å²) in [6.07, 6.45) is 2.56. The summed E-state index contributed by atoms with van der Waals surface area (Å²) >= 11 is 2.29. The second-order valence-corrected chi connectivity index (χ2v) is 7.41. The van der Waals surface area contributed by atoms with Gasteiger partial charge in [-0.15, -0.1) is 0 Å². The average Bonchev–Trinajstić information content (AvgIpc) is 2.84. The van der Waals surface area contributed by atoms with Gasteiger partial charge in [0, 0.05) is 28.4 Å². The Balaban J connectivity index is 1.55. The van der Waals surface area contributed by atoms with E-state index in [1.54, 1.807) is 0 Å². The van der Waals surface area contributed by atoms with E-state index in [0.29, 0.717) is 12.6 Å². The van der Waals surface area contributed by atoms with Gasteiger partial charge in [-0.3, -0.25) is 9.69 Å². The van der Waals surface area contributed by atoms with Gasteiger partial charge in [0.25, 0.3) is 0 Å². The zero-order chi connectivity index (χ0) is 14.8. The zero-order valence-corrected chi connectivity index (χ0v) is 14.5. The lowest BCUT2D eigenvalue weighted by Crippen LogP contribution is -2.41. The van der Waals surface area contributed by atoms with E-state index in [-0.39, 0.29) is 5.91 Å². The van der Waals surface area contributed by atoms with Crippen molar-refractivity contribution in [3.8, 4) is 0 Å². The fourth-order valence-electron chi connectivity index (χ4n) is 3.43. The van der Waals surface area contributed by atoms with Crippen LogP contribution in [0, 0.1) is 16.4 Å². The molecule has 2 saturated heterocycles. The van der Waals surface area contributed by atoms with Gasteiger partial charge in [-0.05, 0) is 78.6 Å². The molecule has 2 aliphatic rings. The molecule has 2 fully saturated rings. The van der Waals surface area contributed by atoms with Crippen molar-refractivity contribution in [3.63, 3.8) is 0 Å². The Kier molecular flexibility index (Phi) is 4.81. The number of fused-ring (bicyclic) bond motifs is 1. The fraction of sp³-hybridized carbons (Fsp3) is 0.562. The van der Waals surface area contributed by atoms with Gasteiger partial charge in [-0.2, -0.15) is 0 Å². The number of halogens is 1. The van der Waals surface area contributed by atoms with Crippen LogP contribution in [-0.4, -0.2) is 43.0 Å². The first-order valence-corrected chi connectivity index (χ1v) is 8.71. The molecule has 21 heavy (non-hydrogen) atoms. The standard InChI is InChI=1S/C16H22IN3O/c1-11-7-13(17)4-5-14(11)19-16(21)10-20-8-12-3-2-6-18-15(12)9-20/h4-5,7,12,15,18H,2-3,6,8-10H2,1H3,(H,19,21)/t12-,15+/m0/s1. The second-order valence-electron chi connectivity index (χ2n) is 6.16. The van der Waals surface area contributed by atoms with Gasteiger partial charge in [0.1, 0.15) is 0 Å². The van der Waals surface area contributed by atoms with E-state index >= 15 is 0 Å². The van der Waals surface area contributed by atoms with Crippen molar-refractivity contribution in [1.82, 2.24) is 10.2 Å². The molecule has 0 aliphatic carbocycles. The fourth-order valence-corrected chi connectivity index (χ4v) is 4.07. The molecule has 0 spiro atoms. The summed E-state index contributed by atoms with van der Waals surface area (Å²) < 4.78 is 1.19. The zero-order valence-electron chi connectivity index (χ0n) is 12.4. The minimum absolute atomic E-state index is 0.0953. The largest absolute Gasteiger partial charge is 0.325 e. The number of rotatable bonds is 3. The Bertz CT molecular complexity index is 520. The number of aryl methyl sites for hydroxylation is 1. The van der Waals surface area contributed by atoms with Crippen molar-refractivity contribution in [2.45, 2.75) is 25.8 Å². The van der Waals surface area contributed by atoms with E-state index < -0.39 is 0 Å². The molecule has 1 amide bonds. The van der Waals surface area contributed by atoms with E-state index in [4.69, 9.17) is 0 Å². The molecule has 1 aromatic rings. The number of hydrogen-bond donors (Lipinski definition) is 2. The van der Waals surface area contributed by atoms with Crippen molar-refractivity contribution in [1.29, 1.82) is 0 Å². The van der Waals surface area contributed by atoms with Gasteiger partial charge in [0.05, 0.1) is 6.54 Å². The highest BCUT2D eigenvalue weighted by Crippen LogP contribution is 2.24. The average molecular weight is 399 g/mol. The van der Waals surface area contributed by atoms with Crippen LogP contribution in [0.15, 0.2) is 18.2 Å². The normalized spacial score (nSPS) is 25.6. The monoisotopic (exact) mass is 399 g/mol. The number of benzene rings is 1. The lowest BCUT2D eigenvalue weighted by molar-refractivity contribution is -0.117. The van der Waals surface area contributed by atoms with Gasteiger partial charge in [0.15, 0.2) is 0 Å². The van der Waals surface area contributed by atoms with Crippen molar-refractivity contribution >= 4 is 34.2 Å². The van der Waals surface area contributed by atoms with Crippen LogP contribution in [0.4, 0.5) is 5.69 Å². The molecule has 0 radical (unpaired) electrons. The molecule has 1 aromatic carbocycles. The molecule has 3 rings (SSSR count). The van der Waals surface area contributed by atoms with E-state index in [9.17, 15) is 4.79 Å². The number of piperidine rings is 1. The SMILES string of the molecule is Cc1cc(I)ccc1NC(=O)CN1C[C@@H]2CCCN[C@@H]2C1. The minimum atomic E-state index is 0.0953. The molecular formula is C16H22IN3O. The molecule has 2 aliphatic heterocycles. The quantitative estimate of drug-likeness (QED) is 0.767. The van der Waals surface area contributed by atoms with Gasteiger partial charge in [-0.25, -0.2) is 0 Å². The van der Waals surface area contributed by atoms with Crippen LogP contribution in [0.25, 0.3) is 0 Å².